The van der Waals surface area contributed by atoms with E-state index < -0.39 is 0 Å². The van der Waals surface area contributed by atoms with Crippen LogP contribution in [0.2, 0.25) is 0 Å². The molecule has 100 valence electrons. The van der Waals surface area contributed by atoms with E-state index in [4.69, 9.17) is 10.5 Å². The van der Waals surface area contributed by atoms with Gasteiger partial charge in [-0.3, -0.25) is 4.90 Å². The van der Waals surface area contributed by atoms with E-state index in [0.717, 1.165) is 32.8 Å². The molecular formula is C13H27N3O. The van der Waals surface area contributed by atoms with Crippen LogP contribution in [0.15, 0.2) is 0 Å². The Morgan fingerprint density at radius 1 is 1.41 bits per heavy atom. The van der Waals surface area contributed by atoms with E-state index in [1.165, 1.54) is 25.7 Å². The number of nitrogens with two attached hydrogens (primary N) is 1. The van der Waals surface area contributed by atoms with Crippen molar-refractivity contribution in [3.8, 4) is 0 Å². The molecule has 1 aliphatic heterocycles. The number of likely N-dealkylation sites (N-methyl/N-ethyl adjacent to an activating group) is 2. The highest BCUT2D eigenvalue weighted by molar-refractivity contribution is 4.95. The minimum Gasteiger partial charge on any atom is -0.374 e. The zero-order valence-corrected chi connectivity index (χ0v) is 11.3. The van der Waals surface area contributed by atoms with Crippen molar-refractivity contribution in [1.82, 2.24) is 9.80 Å². The summed E-state index contributed by atoms with van der Waals surface area (Å²) >= 11 is 0. The first kappa shape index (κ1) is 13.3. The maximum absolute atomic E-state index is 6.01. The summed E-state index contributed by atoms with van der Waals surface area (Å²) in [5.74, 6) is 0. The summed E-state index contributed by atoms with van der Waals surface area (Å²) < 4.78 is 5.84. The van der Waals surface area contributed by atoms with Gasteiger partial charge in [-0.1, -0.05) is 12.8 Å². The topological polar surface area (TPSA) is 41.7 Å². The SMILES string of the molecule is CN1CCOC(CN(C)C2(CN)CCCC2)C1. The Kier molecular flexibility index (Phi) is 4.42. The van der Waals surface area contributed by atoms with Crippen LogP contribution in [-0.2, 0) is 4.74 Å². The molecule has 1 aliphatic carbocycles. The minimum atomic E-state index is 0.249. The molecule has 0 spiro atoms. The quantitative estimate of drug-likeness (QED) is 0.779. The molecule has 2 fully saturated rings. The number of morpholine rings is 1. The molecule has 0 amide bonds. The summed E-state index contributed by atoms with van der Waals surface area (Å²) in [5.41, 5.74) is 6.26. The van der Waals surface area contributed by atoms with Crippen LogP contribution in [0.4, 0.5) is 0 Å². The number of ether oxygens (including phenoxy) is 1. The lowest BCUT2D eigenvalue weighted by Gasteiger charge is -2.41. The summed E-state index contributed by atoms with van der Waals surface area (Å²) in [6.07, 6.45) is 5.51. The average molecular weight is 241 g/mol. The molecule has 0 aromatic heterocycles. The Balaban J connectivity index is 1.88. The smallest absolute Gasteiger partial charge is 0.0829 e. The van der Waals surface area contributed by atoms with Crippen LogP contribution in [0, 0.1) is 0 Å². The van der Waals surface area contributed by atoms with E-state index in [9.17, 15) is 0 Å². The predicted octanol–water partition coefficient (Wildman–Crippen LogP) is 0.520. The van der Waals surface area contributed by atoms with Gasteiger partial charge in [0.25, 0.3) is 0 Å². The lowest BCUT2D eigenvalue weighted by molar-refractivity contribution is -0.0468. The molecule has 0 radical (unpaired) electrons. The molecule has 1 unspecified atom stereocenters. The molecule has 1 atom stereocenters. The van der Waals surface area contributed by atoms with E-state index in [2.05, 4.69) is 23.9 Å². The first-order valence-corrected chi connectivity index (χ1v) is 6.88. The van der Waals surface area contributed by atoms with Crippen molar-refractivity contribution in [2.45, 2.75) is 37.3 Å². The van der Waals surface area contributed by atoms with Crippen molar-refractivity contribution in [2.24, 2.45) is 5.73 Å². The molecule has 4 nitrogen and oxygen atoms in total. The summed E-state index contributed by atoms with van der Waals surface area (Å²) in [6, 6.07) is 0. The fourth-order valence-electron chi connectivity index (χ4n) is 3.25. The van der Waals surface area contributed by atoms with Crippen LogP contribution in [0.5, 0.6) is 0 Å². The van der Waals surface area contributed by atoms with Gasteiger partial charge >= 0.3 is 0 Å². The van der Waals surface area contributed by atoms with Gasteiger partial charge in [0, 0.05) is 31.7 Å². The molecule has 0 aromatic carbocycles. The molecule has 4 heteroatoms. The van der Waals surface area contributed by atoms with Crippen LogP contribution in [0.1, 0.15) is 25.7 Å². The number of rotatable bonds is 4. The largest absolute Gasteiger partial charge is 0.374 e. The van der Waals surface area contributed by atoms with Gasteiger partial charge in [0.2, 0.25) is 0 Å². The number of nitrogens with zero attached hydrogens (tertiary/aromatic N) is 2. The predicted molar refractivity (Wildman–Crippen MR) is 70.1 cm³/mol. The van der Waals surface area contributed by atoms with E-state index in [1.54, 1.807) is 0 Å². The van der Waals surface area contributed by atoms with Crippen LogP contribution >= 0.6 is 0 Å². The van der Waals surface area contributed by atoms with Gasteiger partial charge in [-0.2, -0.15) is 0 Å². The van der Waals surface area contributed by atoms with Gasteiger partial charge in [-0.05, 0) is 26.9 Å². The second-order valence-corrected chi connectivity index (χ2v) is 5.77. The van der Waals surface area contributed by atoms with Crippen molar-refractivity contribution in [2.75, 3.05) is 46.9 Å². The van der Waals surface area contributed by atoms with Crippen molar-refractivity contribution in [3.05, 3.63) is 0 Å². The second kappa shape index (κ2) is 5.65. The molecule has 1 saturated carbocycles. The van der Waals surface area contributed by atoms with E-state index >= 15 is 0 Å². The molecule has 2 aliphatic rings. The number of hydrogen-bond acceptors (Lipinski definition) is 4. The van der Waals surface area contributed by atoms with Crippen molar-refractivity contribution < 1.29 is 4.74 Å². The minimum absolute atomic E-state index is 0.249. The number of hydrogen-bond donors (Lipinski definition) is 1. The Labute approximate surface area is 105 Å². The van der Waals surface area contributed by atoms with Crippen molar-refractivity contribution >= 4 is 0 Å². The molecule has 1 saturated heterocycles. The first-order chi connectivity index (χ1) is 8.16. The van der Waals surface area contributed by atoms with Crippen LogP contribution in [0.25, 0.3) is 0 Å². The Hall–Kier alpha value is -0.160. The fraction of sp³-hybridized carbons (Fsp3) is 1.00. The molecule has 2 rings (SSSR count). The van der Waals surface area contributed by atoms with Gasteiger partial charge in [0.05, 0.1) is 12.7 Å². The van der Waals surface area contributed by atoms with Crippen molar-refractivity contribution in [1.29, 1.82) is 0 Å². The first-order valence-electron chi connectivity index (χ1n) is 6.88. The lowest BCUT2D eigenvalue weighted by atomic mass is 9.95. The van der Waals surface area contributed by atoms with E-state index in [0.29, 0.717) is 6.10 Å². The third-order valence-corrected chi connectivity index (χ3v) is 4.54. The van der Waals surface area contributed by atoms with Gasteiger partial charge in [0.15, 0.2) is 0 Å². The summed E-state index contributed by atoms with van der Waals surface area (Å²) in [4.78, 5) is 4.82. The summed E-state index contributed by atoms with van der Waals surface area (Å²) in [6.45, 7) is 4.77. The summed E-state index contributed by atoms with van der Waals surface area (Å²) in [5, 5.41) is 0. The standard InChI is InChI=1S/C13H27N3O/c1-15-7-8-17-12(9-15)10-16(2)13(11-14)5-3-4-6-13/h12H,3-11,14H2,1-2H3. The highest BCUT2D eigenvalue weighted by Crippen LogP contribution is 2.33. The molecule has 0 aromatic rings. The van der Waals surface area contributed by atoms with Crippen LogP contribution in [0.3, 0.4) is 0 Å². The van der Waals surface area contributed by atoms with Crippen molar-refractivity contribution in [3.63, 3.8) is 0 Å². The Bertz CT molecular complexity index is 241. The second-order valence-electron chi connectivity index (χ2n) is 5.77. The van der Waals surface area contributed by atoms with Gasteiger partial charge in [-0.15, -0.1) is 0 Å². The fourth-order valence-corrected chi connectivity index (χ4v) is 3.25. The molecule has 1 heterocycles. The van der Waals surface area contributed by atoms with Crippen LogP contribution in [-0.4, -0.2) is 68.3 Å². The van der Waals surface area contributed by atoms with Gasteiger partial charge < -0.3 is 15.4 Å². The Morgan fingerprint density at radius 3 is 2.71 bits per heavy atom. The average Bonchev–Trinajstić information content (AvgIpc) is 2.78. The third-order valence-electron chi connectivity index (χ3n) is 4.54. The normalized spacial score (nSPS) is 30.0. The maximum atomic E-state index is 6.01. The van der Waals surface area contributed by atoms with Crippen LogP contribution < -0.4 is 5.73 Å². The Morgan fingerprint density at radius 2 is 2.12 bits per heavy atom. The highest BCUT2D eigenvalue weighted by Gasteiger charge is 2.37. The summed E-state index contributed by atoms with van der Waals surface area (Å²) in [7, 11) is 4.39. The molecular weight excluding hydrogens is 214 g/mol. The zero-order valence-electron chi connectivity index (χ0n) is 11.3. The maximum Gasteiger partial charge on any atom is 0.0829 e. The van der Waals surface area contributed by atoms with Gasteiger partial charge in [-0.25, -0.2) is 0 Å². The van der Waals surface area contributed by atoms with E-state index in [-0.39, 0.29) is 5.54 Å². The molecule has 0 bridgehead atoms. The monoisotopic (exact) mass is 241 g/mol. The van der Waals surface area contributed by atoms with E-state index in [1.807, 2.05) is 0 Å². The highest BCUT2D eigenvalue weighted by atomic mass is 16.5. The molecule has 17 heavy (non-hydrogen) atoms. The zero-order chi connectivity index (χ0) is 12.3. The lowest BCUT2D eigenvalue weighted by Crippen LogP contribution is -2.55. The third kappa shape index (κ3) is 2.99. The molecule has 2 N–H and O–H groups in total. The van der Waals surface area contributed by atoms with Gasteiger partial charge in [0.1, 0.15) is 0 Å².